The summed E-state index contributed by atoms with van der Waals surface area (Å²) >= 11 is 0. The smallest absolute Gasteiger partial charge is 0.236 e. The van der Waals surface area contributed by atoms with Gasteiger partial charge in [-0.1, -0.05) is 56.5 Å². The Morgan fingerprint density at radius 1 is 1.08 bits per heavy atom. The summed E-state index contributed by atoms with van der Waals surface area (Å²) in [6.45, 7) is 2.24. The molecule has 1 aromatic rings. The predicted molar refractivity (Wildman–Crippen MR) is 91.9 cm³/mol. The van der Waals surface area contributed by atoms with E-state index in [1.807, 2.05) is 37.3 Å². The SMILES string of the molecule is CC[C@@H]1C(=O)N(Cc2ccccc2)C(=O)[C@H]1C(O)C1CCCCC1. The van der Waals surface area contributed by atoms with Gasteiger partial charge in [-0.25, -0.2) is 0 Å². The quantitative estimate of drug-likeness (QED) is 0.844. The van der Waals surface area contributed by atoms with E-state index in [0.29, 0.717) is 13.0 Å². The lowest BCUT2D eigenvalue weighted by molar-refractivity contribution is -0.141. The highest BCUT2D eigenvalue weighted by molar-refractivity contribution is 6.05. The average Bonchev–Trinajstić information content (AvgIpc) is 2.86. The fourth-order valence-electron chi connectivity index (χ4n) is 4.32. The third kappa shape index (κ3) is 3.25. The first-order valence-corrected chi connectivity index (χ1v) is 9.20. The molecule has 3 atom stereocenters. The van der Waals surface area contributed by atoms with Gasteiger partial charge in [-0.05, 0) is 30.7 Å². The van der Waals surface area contributed by atoms with Crippen LogP contribution in [-0.4, -0.2) is 27.9 Å². The summed E-state index contributed by atoms with van der Waals surface area (Å²) in [6.07, 6.45) is 5.28. The number of hydrogen-bond acceptors (Lipinski definition) is 3. The Morgan fingerprint density at radius 2 is 1.75 bits per heavy atom. The van der Waals surface area contributed by atoms with E-state index in [1.54, 1.807) is 0 Å². The molecule has 1 aliphatic heterocycles. The first kappa shape index (κ1) is 17.2. The number of amides is 2. The molecule has 0 aromatic heterocycles. The summed E-state index contributed by atoms with van der Waals surface area (Å²) in [4.78, 5) is 27.0. The second kappa shape index (κ2) is 7.47. The van der Waals surface area contributed by atoms with Gasteiger partial charge in [0, 0.05) is 0 Å². The maximum atomic E-state index is 12.9. The van der Waals surface area contributed by atoms with Gasteiger partial charge in [0.2, 0.25) is 11.8 Å². The van der Waals surface area contributed by atoms with Crippen molar-refractivity contribution in [3.8, 4) is 0 Å². The van der Waals surface area contributed by atoms with Crippen LogP contribution in [0.5, 0.6) is 0 Å². The Bertz CT molecular complexity index is 580. The Hall–Kier alpha value is -1.68. The fourth-order valence-corrected chi connectivity index (χ4v) is 4.32. The van der Waals surface area contributed by atoms with Crippen LogP contribution in [0, 0.1) is 17.8 Å². The van der Waals surface area contributed by atoms with Gasteiger partial charge in [-0.15, -0.1) is 0 Å². The van der Waals surface area contributed by atoms with Crippen LogP contribution in [-0.2, 0) is 16.1 Å². The molecule has 0 radical (unpaired) electrons. The molecule has 3 rings (SSSR count). The first-order chi connectivity index (χ1) is 11.6. The van der Waals surface area contributed by atoms with E-state index in [1.165, 1.54) is 11.3 Å². The van der Waals surface area contributed by atoms with Crippen LogP contribution < -0.4 is 0 Å². The van der Waals surface area contributed by atoms with Crippen molar-refractivity contribution in [3.05, 3.63) is 35.9 Å². The van der Waals surface area contributed by atoms with Crippen molar-refractivity contribution in [1.82, 2.24) is 4.90 Å². The van der Waals surface area contributed by atoms with Gasteiger partial charge in [0.25, 0.3) is 0 Å². The highest BCUT2D eigenvalue weighted by Gasteiger charge is 2.51. The maximum absolute atomic E-state index is 12.9. The molecule has 0 bridgehead atoms. The van der Waals surface area contributed by atoms with E-state index in [2.05, 4.69) is 0 Å². The standard InChI is InChI=1S/C20H27NO3/c1-2-16-17(18(22)15-11-7-4-8-12-15)20(24)21(19(16)23)13-14-9-5-3-6-10-14/h3,5-6,9-10,15-18,22H,2,4,7-8,11-13H2,1H3/t16-,17+,18?/m0/s1. The van der Waals surface area contributed by atoms with Crippen LogP contribution in [0.15, 0.2) is 30.3 Å². The van der Waals surface area contributed by atoms with Crippen molar-refractivity contribution in [3.63, 3.8) is 0 Å². The lowest BCUT2D eigenvalue weighted by Gasteiger charge is -2.31. The molecule has 1 unspecified atom stereocenters. The van der Waals surface area contributed by atoms with E-state index >= 15 is 0 Å². The summed E-state index contributed by atoms with van der Waals surface area (Å²) < 4.78 is 0. The summed E-state index contributed by atoms with van der Waals surface area (Å²) in [6, 6.07) is 9.58. The highest BCUT2D eigenvalue weighted by atomic mass is 16.3. The zero-order valence-corrected chi connectivity index (χ0v) is 14.4. The molecule has 4 heteroatoms. The second-order valence-electron chi connectivity index (χ2n) is 7.18. The number of carbonyl (C=O) groups excluding carboxylic acids is 2. The maximum Gasteiger partial charge on any atom is 0.236 e. The molecule has 2 amide bonds. The molecular weight excluding hydrogens is 302 g/mol. The predicted octanol–water partition coefficient (Wildman–Crippen LogP) is 3.14. The molecule has 130 valence electrons. The van der Waals surface area contributed by atoms with Crippen LogP contribution in [0.3, 0.4) is 0 Å². The number of rotatable bonds is 5. The van der Waals surface area contributed by atoms with E-state index < -0.39 is 12.0 Å². The molecule has 1 aromatic carbocycles. The Kier molecular flexibility index (Phi) is 5.34. The van der Waals surface area contributed by atoms with Gasteiger partial charge in [0.15, 0.2) is 0 Å². The first-order valence-electron chi connectivity index (χ1n) is 9.20. The van der Waals surface area contributed by atoms with E-state index in [-0.39, 0.29) is 23.7 Å². The van der Waals surface area contributed by atoms with Crippen LogP contribution in [0.2, 0.25) is 0 Å². The Balaban J connectivity index is 1.78. The van der Waals surface area contributed by atoms with Crippen molar-refractivity contribution >= 4 is 11.8 Å². The highest BCUT2D eigenvalue weighted by Crippen LogP contribution is 2.38. The molecule has 1 saturated carbocycles. The third-order valence-corrected chi connectivity index (χ3v) is 5.69. The van der Waals surface area contributed by atoms with Gasteiger partial charge in [-0.2, -0.15) is 0 Å². The van der Waals surface area contributed by atoms with Crippen LogP contribution in [0.25, 0.3) is 0 Å². The van der Waals surface area contributed by atoms with Crippen LogP contribution >= 0.6 is 0 Å². The molecule has 1 aliphatic carbocycles. The summed E-state index contributed by atoms with van der Waals surface area (Å²) in [5, 5.41) is 10.8. The van der Waals surface area contributed by atoms with Gasteiger partial charge in [0.05, 0.1) is 24.5 Å². The molecule has 2 aliphatic rings. The van der Waals surface area contributed by atoms with Crippen molar-refractivity contribution in [2.24, 2.45) is 17.8 Å². The Morgan fingerprint density at radius 3 is 2.38 bits per heavy atom. The molecular formula is C20H27NO3. The zero-order chi connectivity index (χ0) is 17.1. The molecule has 1 N–H and O–H groups in total. The monoisotopic (exact) mass is 329 g/mol. The summed E-state index contributed by atoms with van der Waals surface area (Å²) in [5.41, 5.74) is 0.946. The van der Waals surface area contributed by atoms with Gasteiger partial charge in [-0.3, -0.25) is 14.5 Å². The second-order valence-corrected chi connectivity index (χ2v) is 7.18. The number of likely N-dealkylation sites (tertiary alicyclic amines) is 1. The number of benzene rings is 1. The van der Waals surface area contributed by atoms with Crippen LogP contribution in [0.1, 0.15) is 51.0 Å². The average molecular weight is 329 g/mol. The van der Waals surface area contributed by atoms with E-state index in [0.717, 1.165) is 31.2 Å². The zero-order valence-electron chi connectivity index (χ0n) is 14.4. The summed E-state index contributed by atoms with van der Waals surface area (Å²) in [5.74, 6) is -1.08. The lowest BCUT2D eigenvalue weighted by atomic mass is 9.76. The number of aliphatic hydroxyl groups excluding tert-OH is 1. The molecule has 24 heavy (non-hydrogen) atoms. The van der Waals surface area contributed by atoms with Gasteiger partial charge < -0.3 is 5.11 Å². The van der Waals surface area contributed by atoms with Crippen molar-refractivity contribution < 1.29 is 14.7 Å². The number of carbonyl (C=O) groups is 2. The molecule has 1 saturated heterocycles. The molecule has 2 fully saturated rings. The number of nitrogens with zero attached hydrogens (tertiary/aromatic N) is 1. The summed E-state index contributed by atoms with van der Waals surface area (Å²) in [7, 11) is 0. The molecule has 0 spiro atoms. The molecule has 1 heterocycles. The van der Waals surface area contributed by atoms with Crippen molar-refractivity contribution in [2.45, 2.75) is 58.1 Å². The third-order valence-electron chi connectivity index (χ3n) is 5.69. The van der Waals surface area contributed by atoms with Gasteiger partial charge >= 0.3 is 0 Å². The Labute approximate surface area is 143 Å². The van der Waals surface area contributed by atoms with E-state index in [9.17, 15) is 14.7 Å². The fraction of sp³-hybridized carbons (Fsp3) is 0.600. The lowest BCUT2D eigenvalue weighted by Crippen LogP contribution is -2.38. The largest absolute Gasteiger partial charge is 0.392 e. The number of aliphatic hydroxyl groups is 1. The molecule has 4 nitrogen and oxygen atoms in total. The normalized spacial score (nSPS) is 26.8. The minimum atomic E-state index is -0.688. The van der Waals surface area contributed by atoms with Gasteiger partial charge in [0.1, 0.15) is 0 Å². The van der Waals surface area contributed by atoms with Crippen molar-refractivity contribution in [2.75, 3.05) is 0 Å². The minimum Gasteiger partial charge on any atom is -0.392 e. The van der Waals surface area contributed by atoms with Crippen molar-refractivity contribution in [1.29, 1.82) is 0 Å². The van der Waals surface area contributed by atoms with E-state index in [4.69, 9.17) is 0 Å². The topological polar surface area (TPSA) is 57.6 Å². The minimum absolute atomic E-state index is 0.119. The van der Waals surface area contributed by atoms with Crippen LogP contribution in [0.4, 0.5) is 0 Å². The number of imide groups is 1. The number of hydrogen-bond donors (Lipinski definition) is 1.